The van der Waals surface area contributed by atoms with Crippen LogP contribution in [0.4, 0.5) is 0 Å². The monoisotopic (exact) mass is 376 g/mol. The lowest BCUT2D eigenvalue weighted by atomic mass is 10.1. The number of hydrogen-bond donors (Lipinski definition) is 1. The number of hydrogen-bond acceptors (Lipinski definition) is 5. The zero-order valence-electron chi connectivity index (χ0n) is 14.3. The average Bonchev–Trinajstić information content (AvgIpc) is 2.45. The highest BCUT2D eigenvalue weighted by atomic mass is 32.2. The third-order valence-corrected chi connectivity index (χ3v) is 6.62. The molecule has 0 amide bonds. The second-order valence-corrected chi connectivity index (χ2v) is 9.98. The van der Waals surface area contributed by atoms with Crippen molar-refractivity contribution in [1.29, 1.82) is 0 Å². The molecule has 0 aliphatic carbocycles. The van der Waals surface area contributed by atoms with Crippen LogP contribution in [0.3, 0.4) is 0 Å². The van der Waals surface area contributed by atoms with Crippen LogP contribution in [0.5, 0.6) is 0 Å². The fraction of sp³-hybridized carbons (Fsp3) is 0.600. The van der Waals surface area contributed by atoms with Crippen molar-refractivity contribution in [2.45, 2.75) is 43.9 Å². The van der Waals surface area contributed by atoms with E-state index in [1.165, 1.54) is 16.4 Å². The number of sulfone groups is 1. The molecule has 136 valence electrons. The van der Waals surface area contributed by atoms with Crippen molar-refractivity contribution in [2.24, 2.45) is 0 Å². The molecule has 1 heterocycles. The van der Waals surface area contributed by atoms with Crippen LogP contribution in [-0.2, 0) is 24.8 Å². The lowest BCUT2D eigenvalue weighted by molar-refractivity contribution is -0.0444. The number of ether oxygens (including phenoxy) is 1. The summed E-state index contributed by atoms with van der Waals surface area (Å²) in [5.74, 6) is 0. The molecule has 1 aliphatic rings. The number of nitrogens with zero attached hydrogens (tertiary/aromatic N) is 1. The highest BCUT2D eigenvalue weighted by Crippen LogP contribution is 2.19. The Kier molecular flexibility index (Phi) is 5.71. The van der Waals surface area contributed by atoms with Crippen LogP contribution < -0.4 is 4.72 Å². The lowest BCUT2D eigenvalue weighted by Crippen LogP contribution is -2.52. The molecule has 1 aromatic rings. The minimum Gasteiger partial charge on any atom is -0.373 e. The molecule has 0 aromatic heterocycles. The van der Waals surface area contributed by atoms with Crippen molar-refractivity contribution in [3.63, 3.8) is 0 Å². The predicted octanol–water partition coefficient (Wildman–Crippen LogP) is 1.09. The molecule has 0 radical (unpaired) electrons. The first-order valence-corrected chi connectivity index (χ1v) is 11.0. The number of nitrogens with one attached hydrogen (secondary N) is 1. The standard InChI is InChI=1S/C15H24N2O5S2/c1-11-9-17(10-12(2)22-11)24(20,21)16-13(3)14-5-7-15(8-6-14)23(4,18)19/h5-8,11-13,16H,9-10H2,1-4H3/t11-,12-,13+/m1/s1. The number of benzene rings is 1. The maximum Gasteiger partial charge on any atom is 0.280 e. The van der Waals surface area contributed by atoms with E-state index in [4.69, 9.17) is 4.74 Å². The molecule has 3 atom stereocenters. The van der Waals surface area contributed by atoms with Crippen LogP contribution in [0, 0.1) is 0 Å². The van der Waals surface area contributed by atoms with E-state index < -0.39 is 26.1 Å². The fourth-order valence-electron chi connectivity index (χ4n) is 2.70. The van der Waals surface area contributed by atoms with E-state index in [1.54, 1.807) is 19.1 Å². The number of rotatable bonds is 5. The van der Waals surface area contributed by atoms with E-state index in [0.29, 0.717) is 18.7 Å². The Bertz CT molecular complexity index is 765. The zero-order valence-corrected chi connectivity index (χ0v) is 15.9. The molecule has 7 nitrogen and oxygen atoms in total. The molecular formula is C15H24N2O5S2. The Morgan fingerprint density at radius 3 is 2.04 bits per heavy atom. The van der Waals surface area contributed by atoms with Gasteiger partial charge in [0.1, 0.15) is 0 Å². The van der Waals surface area contributed by atoms with Crippen LogP contribution in [0.15, 0.2) is 29.2 Å². The van der Waals surface area contributed by atoms with Gasteiger partial charge < -0.3 is 4.74 Å². The normalized spacial score (nSPS) is 24.7. The van der Waals surface area contributed by atoms with E-state index in [9.17, 15) is 16.8 Å². The molecule has 1 saturated heterocycles. The predicted molar refractivity (Wildman–Crippen MR) is 91.6 cm³/mol. The van der Waals surface area contributed by atoms with Gasteiger partial charge >= 0.3 is 0 Å². The van der Waals surface area contributed by atoms with Gasteiger partial charge in [0, 0.05) is 25.4 Å². The number of morpholine rings is 1. The van der Waals surface area contributed by atoms with Crippen molar-refractivity contribution in [3.8, 4) is 0 Å². The summed E-state index contributed by atoms with van der Waals surface area (Å²) in [5.41, 5.74) is 0.695. The molecule has 1 fully saturated rings. The second kappa shape index (κ2) is 7.09. The van der Waals surface area contributed by atoms with Gasteiger partial charge in [-0.15, -0.1) is 0 Å². The summed E-state index contributed by atoms with van der Waals surface area (Å²) in [5, 5.41) is 0. The van der Waals surface area contributed by atoms with Crippen molar-refractivity contribution in [1.82, 2.24) is 9.03 Å². The van der Waals surface area contributed by atoms with E-state index in [0.717, 1.165) is 6.26 Å². The SMILES string of the molecule is C[C@@H]1CN(S(=O)(=O)N[C@@H](C)c2ccc(S(C)(=O)=O)cc2)C[C@@H](C)O1. The largest absolute Gasteiger partial charge is 0.373 e. The van der Waals surface area contributed by atoms with Crippen LogP contribution in [0.25, 0.3) is 0 Å². The van der Waals surface area contributed by atoms with E-state index in [2.05, 4.69) is 4.72 Å². The molecule has 24 heavy (non-hydrogen) atoms. The second-order valence-electron chi connectivity index (χ2n) is 6.26. The maximum absolute atomic E-state index is 12.6. The van der Waals surface area contributed by atoms with Crippen LogP contribution in [0.2, 0.25) is 0 Å². The first-order valence-electron chi connectivity index (χ1n) is 7.72. The molecule has 1 N–H and O–H groups in total. The van der Waals surface area contributed by atoms with Crippen LogP contribution in [0.1, 0.15) is 32.4 Å². The van der Waals surface area contributed by atoms with Gasteiger partial charge in [-0.25, -0.2) is 8.42 Å². The van der Waals surface area contributed by atoms with Crippen molar-refractivity contribution in [2.75, 3.05) is 19.3 Å². The third-order valence-electron chi connectivity index (χ3n) is 3.86. The van der Waals surface area contributed by atoms with Gasteiger partial charge in [-0.2, -0.15) is 17.4 Å². The summed E-state index contributed by atoms with van der Waals surface area (Å²) >= 11 is 0. The van der Waals surface area contributed by atoms with E-state index >= 15 is 0 Å². The van der Waals surface area contributed by atoms with Crippen molar-refractivity contribution in [3.05, 3.63) is 29.8 Å². The highest BCUT2D eigenvalue weighted by Gasteiger charge is 2.31. The summed E-state index contributed by atoms with van der Waals surface area (Å²) in [7, 11) is -6.92. The van der Waals surface area contributed by atoms with Gasteiger partial charge in [0.2, 0.25) is 0 Å². The van der Waals surface area contributed by atoms with E-state index in [1.807, 2.05) is 13.8 Å². The van der Waals surface area contributed by atoms with Gasteiger partial charge in [0.05, 0.1) is 17.1 Å². The highest BCUT2D eigenvalue weighted by molar-refractivity contribution is 7.90. The Morgan fingerprint density at radius 2 is 1.58 bits per heavy atom. The molecular weight excluding hydrogens is 352 g/mol. The Hall–Kier alpha value is -1.00. The Labute approximate surface area is 144 Å². The van der Waals surface area contributed by atoms with Crippen molar-refractivity contribution < 1.29 is 21.6 Å². The summed E-state index contributed by atoms with van der Waals surface area (Å²) in [6, 6.07) is 5.72. The molecule has 1 aromatic carbocycles. The molecule has 9 heteroatoms. The first-order chi connectivity index (χ1) is 11.0. The zero-order chi connectivity index (χ0) is 18.1. The summed E-state index contributed by atoms with van der Waals surface area (Å²) in [4.78, 5) is 0.206. The Balaban J connectivity index is 2.11. The minimum absolute atomic E-state index is 0.158. The Morgan fingerprint density at radius 1 is 1.08 bits per heavy atom. The fourth-order valence-corrected chi connectivity index (χ4v) is 4.87. The minimum atomic E-state index is -3.65. The summed E-state index contributed by atoms with van der Waals surface area (Å²) in [6.07, 6.45) is 0.818. The molecule has 0 saturated carbocycles. The lowest BCUT2D eigenvalue weighted by Gasteiger charge is -2.35. The maximum atomic E-state index is 12.6. The average molecular weight is 377 g/mol. The smallest absolute Gasteiger partial charge is 0.280 e. The van der Waals surface area contributed by atoms with Gasteiger partial charge in [-0.1, -0.05) is 12.1 Å². The van der Waals surface area contributed by atoms with Gasteiger partial charge in [-0.3, -0.25) is 0 Å². The van der Waals surface area contributed by atoms with Crippen molar-refractivity contribution >= 4 is 20.0 Å². The molecule has 0 unspecified atom stereocenters. The van der Waals surface area contributed by atoms with Gasteiger partial charge in [0.15, 0.2) is 9.84 Å². The molecule has 2 rings (SSSR count). The molecule has 1 aliphatic heterocycles. The molecule has 0 bridgehead atoms. The van der Waals surface area contributed by atoms with Gasteiger partial charge in [0.25, 0.3) is 10.2 Å². The first kappa shape index (κ1) is 19.3. The van der Waals surface area contributed by atoms with E-state index in [-0.39, 0.29) is 17.1 Å². The third kappa shape index (κ3) is 4.76. The van der Waals surface area contributed by atoms with Crippen LogP contribution in [-0.4, -0.2) is 52.7 Å². The quantitative estimate of drug-likeness (QED) is 0.830. The molecule has 0 spiro atoms. The van der Waals surface area contributed by atoms with Crippen LogP contribution >= 0.6 is 0 Å². The summed E-state index contributed by atoms with van der Waals surface area (Å²) < 4.78 is 57.6. The topological polar surface area (TPSA) is 92.8 Å². The summed E-state index contributed by atoms with van der Waals surface area (Å²) in [6.45, 7) is 6.01. The van der Waals surface area contributed by atoms with Gasteiger partial charge in [-0.05, 0) is 38.5 Å².